The van der Waals surface area contributed by atoms with Gasteiger partial charge in [-0.3, -0.25) is 9.63 Å². The number of para-hydroxylation sites is 1. The average molecular weight is 217 g/mol. The van der Waals surface area contributed by atoms with Gasteiger partial charge in [0.1, 0.15) is 0 Å². The van der Waals surface area contributed by atoms with E-state index in [4.69, 9.17) is 10.6 Å². The van der Waals surface area contributed by atoms with Gasteiger partial charge in [-0.1, -0.05) is 12.1 Å². The van der Waals surface area contributed by atoms with Crippen LogP contribution in [0.25, 0.3) is 0 Å². The molecule has 1 aromatic carbocycles. The van der Waals surface area contributed by atoms with E-state index in [0.717, 1.165) is 5.06 Å². The number of nitrogens with two attached hydrogens (primary N) is 1. The first-order valence-corrected chi connectivity index (χ1v) is 3.83. The third kappa shape index (κ3) is 2.61. The highest BCUT2D eigenvalue weighted by molar-refractivity contribution is 5.98. The number of amides is 1. The third-order valence-electron chi connectivity index (χ3n) is 1.75. The van der Waals surface area contributed by atoms with Gasteiger partial charge in [-0.05, 0) is 12.1 Å². The van der Waals surface area contributed by atoms with Gasteiger partial charge in [-0.25, -0.2) is 5.06 Å². The number of halogens is 1. The van der Waals surface area contributed by atoms with E-state index in [2.05, 4.69) is 0 Å². The molecule has 0 unspecified atom stereocenters. The molecule has 0 bridgehead atoms. The molecule has 0 heterocycles. The van der Waals surface area contributed by atoms with Crippen LogP contribution in [0.5, 0.6) is 0 Å². The Balaban J connectivity index is 0.00000169. The fourth-order valence-corrected chi connectivity index (χ4v) is 0.944. The molecule has 78 valence electrons. The molecule has 0 atom stereocenters. The summed E-state index contributed by atoms with van der Waals surface area (Å²) in [7, 11) is 2.96. The fraction of sp³-hybridized carbons (Fsp3) is 0.222. The number of hydrogen-bond acceptors (Lipinski definition) is 3. The molecule has 0 aliphatic carbocycles. The summed E-state index contributed by atoms with van der Waals surface area (Å²) in [6, 6.07) is 6.87. The van der Waals surface area contributed by atoms with Crippen LogP contribution in [0.4, 0.5) is 5.69 Å². The van der Waals surface area contributed by atoms with Crippen LogP contribution in [0.3, 0.4) is 0 Å². The maximum absolute atomic E-state index is 11.5. The van der Waals surface area contributed by atoms with E-state index in [1.807, 2.05) is 0 Å². The van der Waals surface area contributed by atoms with Crippen molar-refractivity contribution in [3.63, 3.8) is 0 Å². The van der Waals surface area contributed by atoms with E-state index in [0.29, 0.717) is 11.3 Å². The van der Waals surface area contributed by atoms with Crippen LogP contribution in [0, 0.1) is 0 Å². The zero-order chi connectivity index (χ0) is 9.84. The molecule has 0 fully saturated rings. The topological polar surface area (TPSA) is 55.6 Å². The Bertz CT molecular complexity index is 317. The Morgan fingerprint density at radius 1 is 1.43 bits per heavy atom. The maximum Gasteiger partial charge on any atom is 0.279 e. The number of nitrogens with zero attached hydrogens (tertiary/aromatic N) is 1. The molecule has 0 saturated carbocycles. The molecule has 4 nitrogen and oxygen atoms in total. The summed E-state index contributed by atoms with van der Waals surface area (Å²) in [5.74, 6) is -0.249. The van der Waals surface area contributed by atoms with Crippen molar-refractivity contribution in [2.45, 2.75) is 0 Å². The molecule has 0 aromatic heterocycles. The lowest BCUT2D eigenvalue weighted by Crippen LogP contribution is -2.26. The van der Waals surface area contributed by atoms with Gasteiger partial charge in [0.2, 0.25) is 0 Å². The molecule has 14 heavy (non-hydrogen) atoms. The van der Waals surface area contributed by atoms with Crippen molar-refractivity contribution in [3.05, 3.63) is 29.8 Å². The Morgan fingerprint density at radius 3 is 2.50 bits per heavy atom. The first-order chi connectivity index (χ1) is 6.16. The van der Waals surface area contributed by atoms with Gasteiger partial charge >= 0.3 is 0 Å². The number of hydroxylamine groups is 2. The second-order valence-corrected chi connectivity index (χ2v) is 2.57. The maximum atomic E-state index is 11.5. The largest absolute Gasteiger partial charge is 0.398 e. The van der Waals surface area contributed by atoms with Crippen LogP contribution in [-0.4, -0.2) is 25.1 Å². The van der Waals surface area contributed by atoms with Crippen LogP contribution >= 0.6 is 12.4 Å². The normalized spacial score (nSPS) is 9.00. The number of carbonyl (C=O) groups excluding carboxylic acids is 1. The zero-order valence-electron chi connectivity index (χ0n) is 8.06. The second-order valence-electron chi connectivity index (χ2n) is 2.57. The number of anilines is 1. The fourth-order valence-electron chi connectivity index (χ4n) is 0.944. The van der Waals surface area contributed by atoms with Crippen molar-refractivity contribution < 1.29 is 9.63 Å². The Kier molecular flexibility index (Phi) is 4.97. The number of nitrogen functional groups attached to an aromatic ring is 1. The second kappa shape index (κ2) is 5.47. The Morgan fingerprint density at radius 2 is 2.00 bits per heavy atom. The van der Waals surface area contributed by atoms with Gasteiger partial charge in [0.05, 0.1) is 12.7 Å². The highest BCUT2D eigenvalue weighted by atomic mass is 35.5. The average Bonchev–Trinajstić information content (AvgIpc) is 2.16. The molecular weight excluding hydrogens is 204 g/mol. The van der Waals surface area contributed by atoms with Gasteiger partial charge in [0.25, 0.3) is 5.91 Å². The predicted molar refractivity (Wildman–Crippen MR) is 57.2 cm³/mol. The molecule has 0 radical (unpaired) electrons. The van der Waals surface area contributed by atoms with Crippen LogP contribution < -0.4 is 5.73 Å². The Labute approximate surface area is 89.0 Å². The zero-order valence-corrected chi connectivity index (χ0v) is 8.88. The minimum atomic E-state index is -0.249. The summed E-state index contributed by atoms with van der Waals surface area (Å²) < 4.78 is 0. The lowest BCUT2D eigenvalue weighted by molar-refractivity contribution is -0.0756. The minimum Gasteiger partial charge on any atom is -0.398 e. The van der Waals surface area contributed by atoms with Crippen LogP contribution in [0.2, 0.25) is 0 Å². The van der Waals surface area contributed by atoms with Crippen molar-refractivity contribution >= 4 is 24.0 Å². The predicted octanol–water partition coefficient (Wildman–Crippen LogP) is 1.32. The highest BCUT2D eigenvalue weighted by Gasteiger charge is 2.12. The molecule has 1 aromatic rings. The van der Waals surface area contributed by atoms with Crippen LogP contribution in [0.15, 0.2) is 24.3 Å². The Hall–Kier alpha value is -1.26. The highest BCUT2D eigenvalue weighted by Crippen LogP contribution is 2.12. The van der Waals surface area contributed by atoms with Gasteiger partial charge in [0.15, 0.2) is 0 Å². The lowest BCUT2D eigenvalue weighted by atomic mass is 10.2. The number of rotatable bonds is 2. The molecule has 0 aliphatic rings. The first kappa shape index (κ1) is 12.7. The van der Waals surface area contributed by atoms with E-state index < -0.39 is 0 Å². The SMILES string of the molecule is CON(C)C(=O)c1ccccc1N.Cl. The molecule has 0 saturated heterocycles. The number of benzene rings is 1. The lowest BCUT2D eigenvalue weighted by Gasteiger charge is -2.14. The van der Waals surface area contributed by atoms with Crippen molar-refractivity contribution in [1.29, 1.82) is 0 Å². The number of hydrogen-bond donors (Lipinski definition) is 1. The summed E-state index contributed by atoms with van der Waals surface area (Å²) >= 11 is 0. The van der Waals surface area contributed by atoms with Crippen molar-refractivity contribution in [2.24, 2.45) is 0 Å². The van der Waals surface area contributed by atoms with E-state index in [-0.39, 0.29) is 18.3 Å². The third-order valence-corrected chi connectivity index (χ3v) is 1.75. The summed E-state index contributed by atoms with van der Waals surface area (Å²) in [6.07, 6.45) is 0. The van der Waals surface area contributed by atoms with E-state index in [9.17, 15) is 4.79 Å². The van der Waals surface area contributed by atoms with E-state index >= 15 is 0 Å². The monoisotopic (exact) mass is 216 g/mol. The van der Waals surface area contributed by atoms with Gasteiger partial charge in [-0.2, -0.15) is 0 Å². The molecule has 2 N–H and O–H groups in total. The standard InChI is InChI=1S/C9H12N2O2.ClH/c1-11(13-2)9(12)7-5-3-4-6-8(7)10;/h3-6H,10H2,1-2H3;1H. The quantitative estimate of drug-likeness (QED) is 0.599. The van der Waals surface area contributed by atoms with Gasteiger partial charge < -0.3 is 5.73 Å². The van der Waals surface area contributed by atoms with Crippen molar-refractivity contribution in [1.82, 2.24) is 5.06 Å². The summed E-state index contributed by atoms with van der Waals surface area (Å²) in [4.78, 5) is 16.3. The van der Waals surface area contributed by atoms with Crippen LogP contribution in [-0.2, 0) is 4.84 Å². The van der Waals surface area contributed by atoms with Gasteiger partial charge in [0, 0.05) is 12.7 Å². The van der Waals surface area contributed by atoms with E-state index in [1.54, 1.807) is 24.3 Å². The molecular formula is C9H13ClN2O2. The molecule has 0 spiro atoms. The van der Waals surface area contributed by atoms with Crippen molar-refractivity contribution in [3.8, 4) is 0 Å². The van der Waals surface area contributed by atoms with Gasteiger partial charge in [-0.15, -0.1) is 12.4 Å². The summed E-state index contributed by atoms with van der Waals surface area (Å²) in [6.45, 7) is 0. The smallest absolute Gasteiger partial charge is 0.279 e. The molecule has 1 amide bonds. The molecule has 5 heteroatoms. The summed E-state index contributed by atoms with van der Waals surface area (Å²) in [5.41, 5.74) is 6.52. The molecule has 0 aliphatic heterocycles. The number of carbonyl (C=O) groups is 1. The van der Waals surface area contributed by atoms with E-state index in [1.165, 1.54) is 14.2 Å². The molecule has 1 rings (SSSR count). The van der Waals surface area contributed by atoms with Crippen LogP contribution in [0.1, 0.15) is 10.4 Å². The van der Waals surface area contributed by atoms with Crippen molar-refractivity contribution in [2.75, 3.05) is 19.9 Å². The summed E-state index contributed by atoms with van der Waals surface area (Å²) in [5, 5.41) is 1.13. The minimum absolute atomic E-state index is 0. The first-order valence-electron chi connectivity index (χ1n) is 3.83.